The van der Waals surface area contributed by atoms with Crippen molar-refractivity contribution in [2.75, 3.05) is 51.0 Å². The quantitative estimate of drug-likeness (QED) is 0.168. The fourth-order valence-corrected chi connectivity index (χ4v) is 6.44. The largest absolute Gasteiger partial charge is 0.493 e. The van der Waals surface area contributed by atoms with Crippen LogP contribution in [0, 0.1) is 0 Å². The number of nitrogens with one attached hydrogen (secondary N) is 4. The van der Waals surface area contributed by atoms with Crippen molar-refractivity contribution in [3.8, 4) is 5.75 Å². The van der Waals surface area contributed by atoms with Crippen LogP contribution in [0.3, 0.4) is 0 Å². The first kappa shape index (κ1) is 41.4. The molecule has 20 heteroatoms. The van der Waals surface area contributed by atoms with Crippen LogP contribution in [-0.2, 0) is 19.6 Å². The number of nitrogens with zero attached hydrogens (tertiary/aromatic N) is 3. The summed E-state index contributed by atoms with van der Waals surface area (Å²) in [5, 5.41) is 22.1. The molecule has 0 bridgehead atoms. The molecule has 4 rings (SSSR count). The first-order valence-corrected chi connectivity index (χ1v) is 17.3. The first-order valence-electron chi connectivity index (χ1n) is 15.5. The standard InChI is InChI=1S/C30H36ClN7O6S.C2HF3O2/c1-4-44-25-11-6-10-23(31)27(25)29(40)35-24-19-32-36-28(24)30(41)34-20-13-16-38(17-14-20)45(42,43)22-9-5-8-21(18-22)33-26(39)12-7-15-37(2)3;3-2(4,5)1(6)7/h5-12,18-20H,4,13-17H2,1-3H3,(H,32,36)(H,33,39)(H,34,41)(H,35,40);(H,6,7)/b12-7+;. The minimum absolute atomic E-state index is 0.0406. The van der Waals surface area contributed by atoms with Crippen molar-refractivity contribution in [2.45, 2.75) is 36.9 Å². The molecular weight excluding hydrogens is 735 g/mol. The van der Waals surface area contributed by atoms with E-state index in [0.29, 0.717) is 37.4 Å². The molecule has 2 heterocycles. The Kier molecular flexibility index (Phi) is 14.7. The number of ether oxygens (including phenoxy) is 1. The van der Waals surface area contributed by atoms with E-state index in [4.69, 9.17) is 26.2 Å². The van der Waals surface area contributed by atoms with E-state index in [2.05, 4.69) is 26.1 Å². The highest BCUT2D eigenvalue weighted by atomic mass is 35.5. The number of H-pyrrole nitrogens is 1. The van der Waals surface area contributed by atoms with E-state index in [0.717, 1.165) is 0 Å². The van der Waals surface area contributed by atoms with Crippen molar-refractivity contribution < 1.29 is 50.6 Å². The van der Waals surface area contributed by atoms with Gasteiger partial charge in [0.2, 0.25) is 15.9 Å². The van der Waals surface area contributed by atoms with Gasteiger partial charge in [-0.3, -0.25) is 19.5 Å². The highest BCUT2D eigenvalue weighted by Gasteiger charge is 2.38. The fourth-order valence-electron chi connectivity index (χ4n) is 4.68. The number of hydrogen-bond donors (Lipinski definition) is 5. The smallest absolute Gasteiger partial charge is 0.490 e. The van der Waals surface area contributed by atoms with E-state index >= 15 is 0 Å². The number of rotatable bonds is 12. The summed E-state index contributed by atoms with van der Waals surface area (Å²) >= 11 is 6.26. The Morgan fingerprint density at radius 3 is 2.37 bits per heavy atom. The van der Waals surface area contributed by atoms with E-state index in [9.17, 15) is 36.0 Å². The number of carboxylic acids is 1. The summed E-state index contributed by atoms with van der Waals surface area (Å²) in [6.07, 6.45) is 0.0745. The Bertz CT molecular complexity index is 1880. The number of aromatic amines is 1. The molecule has 3 aromatic rings. The normalized spacial score (nSPS) is 14.0. The fraction of sp³-hybridized carbons (Fsp3) is 0.344. The molecule has 0 aliphatic carbocycles. The lowest BCUT2D eigenvalue weighted by molar-refractivity contribution is -0.192. The molecule has 52 heavy (non-hydrogen) atoms. The number of anilines is 2. The van der Waals surface area contributed by atoms with E-state index in [-0.39, 0.29) is 51.9 Å². The number of aliphatic carboxylic acids is 1. The van der Waals surface area contributed by atoms with Gasteiger partial charge in [0.05, 0.1) is 28.4 Å². The van der Waals surface area contributed by atoms with Gasteiger partial charge < -0.3 is 30.7 Å². The van der Waals surface area contributed by atoms with E-state index in [1.165, 1.54) is 28.7 Å². The Balaban J connectivity index is 0.000000944. The zero-order chi connectivity index (χ0) is 38.6. The number of aromatic nitrogens is 2. The summed E-state index contributed by atoms with van der Waals surface area (Å²) < 4.78 is 65.4. The van der Waals surface area contributed by atoms with Crippen molar-refractivity contribution in [3.05, 3.63) is 77.1 Å². The average molecular weight is 772 g/mol. The zero-order valence-electron chi connectivity index (χ0n) is 28.2. The average Bonchev–Trinajstić information content (AvgIpc) is 3.53. The van der Waals surface area contributed by atoms with Crippen molar-refractivity contribution >= 4 is 56.7 Å². The van der Waals surface area contributed by atoms with Crippen LogP contribution in [0.1, 0.15) is 40.6 Å². The van der Waals surface area contributed by atoms with Gasteiger partial charge in [0.25, 0.3) is 11.8 Å². The Morgan fingerprint density at radius 1 is 1.10 bits per heavy atom. The maximum absolute atomic E-state index is 13.4. The third kappa shape index (κ3) is 11.8. The van der Waals surface area contributed by atoms with Crippen LogP contribution in [-0.4, -0.2) is 109 Å². The molecule has 15 nitrogen and oxygen atoms in total. The Morgan fingerprint density at radius 2 is 1.75 bits per heavy atom. The maximum Gasteiger partial charge on any atom is 0.490 e. The predicted molar refractivity (Wildman–Crippen MR) is 185 cm³/mol. The number of piperidine rings is 1. The van der Waals surface area contributed by atoms with Crippen LogP contribution in [0.5, 0.6) is 5.75 Å². The van der Waals surface area contributed by atoms with Crippen molar-refractivity contribution in [1.82, 2.24) is 24.7 Å². The SMILES string of the molecule is CCOc1cccc(Cl)c1C(=O)Nc1cn[nH]c1C(=O)NC1CCN(S(=O)(=O)c2cccc(NC(=O)/C=C/CN(C)C)c2)CC1.O=C(O)C(F)(F)F. The molecule has 3 amide bonds. The summed E-state index contributed by atoms with van der Waals surface area (Å²) in [6, 6.07) is 10.6. The molecule has 0 radical (unpaired) electrons. The van der Waals surface area contributed by atoms with Gasteiger partial charge in [-0.05, 0) is 64.2 Å². The minimum atomic E-state index is -5.08. The van der Waals surface area contributed by atoms with Crippen molar-refractivity contribution in [3.63, 3.8) is 0 Å². The second-order valence-electron chi connectivity index (χ2n) is 11.3. The van der Waals surface area contributed by atoms with Crippen molar-refractivity contribution in [1.29, 1.82) is 0 Å². The van der Waals surface area contributed by atoms with Crippen LogP contribution in [0.25, 0.3) is 0 Å². The second kappa shape index (κ2) is 18.5. The van der Waals surface area contributed by atoms with Gasteiger partial charge in [-0.1, -0.05) is 29.8 Å². The van der Waals surface area contributed by atoms with Gasteiger partial charge in [-0.25, -0.2) is 13.2 Å². The van der Waals surface area contributed by atoms with Crippen LogP contribution in [0.2, 0.25) is 5.02 Å². The van der Waals surface area contributed by atoms with Crippen LogP contribution in [0.4, 0.5) is 24.5 Å². The molecule has 1 fully saturated rings. The monoisotopic (exact) mass is 771 g/mol. The molecule has 0 saturated carbocycles. The molecule has 5 N–H and O–H groups in total. The van der Waals surface area contributed by atoms with Gasteiger partial charge >= 0.3 is 12.1 Å². The molecule has 0 spiro atoms. The lowest BCUT2D eigenvalue weighted by Crippen LogP contribution is -2.46. The Labute approximate surface area is 302 Å². The number of carboxylic acid groups (broad SMARTS) is 1. The lowest BCUT2D eigenvalue weighted by atomic mass is 10.1. The molecule has 2 aromatic carbocycles. The third-order valence-corrected chi connectivity index (χ3v) is 9.34. The highest BCUT2D eigenvalue weighted by molar-refractivity contribution is 7.89. The lowest BCUT2D eigenvalue weighted by Gasteiger charge is -2.31. The van der Waals surface area contributed by atoms with Gasteiger partial charge in [0, 0.05) is 37.4 Å². The number of carbonyl (C=O) groups is 4. The number of carbonyl (C=O) groups excluding carboxylic acids is 3. The predicted octanol–water partition coefficient (Wildman–Crippen LogP) is 3.99. The van der Waals surface area contributed by atoms with Crippen LogP contribution < -0.4 is 20.7 Å². The van der Waals surface area contributed by atoms with E-state index in [1.807, 2.05) is 19.0 Å². The van der Waals surface area contributed by atoms with Gasteiger partial charge in [0.15, 0.2) is 0 Å². The molecule has 0 atom stereocenters. The number of hydrogen-bond acceptors (Lipinski definition) is 9. The molecule has 0 unspecified atom stereocenters. The summed E-state index contributed by atoms with van der Waals surface area (Å²) in [6.45, 7) is 3.07. The second-order valence-corrected chi connectivity index (χ2v) is 13.6. The van der Waals surface area contributed by atoms with Gasteiger partial charge in [0.1, 0.15) is 17.0 Å². The van der Waals surface area contributed by atoms with Crippen LogP contribution in [0.15, 0.2) is 65.7 Å². The minimum Gasteiger partial charge on any atom is -0.493 e. The van der Waals surface area contributed by atoms with Gasteiger partial charge in [-0.2, -0.15) is 22.6 Å². The number of amides is 3. The molecule has 282 valence electrons. The molecule has 1 aliphatic rings. The van der Waals surface area contributed by atoms with Gasteiger partial charge in [-0.15, -0.1) is 0 Å². The van der Waals surface area contributed by atoms with E-state index in [1.54, 1.807) is 43.3 Å². The molecular formula is C32H37ClF3N7O8S. The summed E-state index contributed by atoms with van der Waals surface area (Å²) in [4.78, 5) is 49.2. The summed E-state index contributed by atoms with van der Waals surface area (Å²) in [5.41, 5.74) is 0.689. The number of alkyl halides is 3. The zero-order valence-corrected chi connectivity index (χ0v) is 29.7. The molecule has 1 saturated heterocycles. The Hall–Kier alpha value is -4.98. The number of benzene rings is 2. The number of likely N-dealkylation sites (N-methyl/N-ethyl adjacent to an activating group) is 1. The number of halogens is 4. The van der Waals surface area contributed by atoms with E-state index < -0.39 is 34.0 Å². The van der Waals surface area contributed by atoms with Crippen molar-refractivity contribution in [2.24, 2.45) is 0 Å². The topological polar surface area (TPSA) is 203 Å². The molecule has 1 aromatic heterocycles. The first-order chi connectivity index (χ1) is 24.4. The molecule has 1 aliphatic heterocycles. The maximum atomic E-state index is 13.4. The summed E-state index contributed by atoms with van der Waals surface area (Å²) in [5.74, 6) is -3.88. The summed E-state index contributed by atoms with van der Waals surface area (Å²) in [7, 11) is -0.0774. The third-order valence-electron chi connectivity index (χ3n) is 7.13. The highest BCUT2D eigenvalue weighted by Crippen LogP contribution is 2.28. The van der Waals surface area contributed by atoms with Crippen LogP contribution >= 0.6 is 11.6 Å². The number of sulfonamides is 1.